The molecule has 6 heterocycles. The number of nitrogens with zero attached hydrogens (tertiary/aromatic N) is 5. The van der Waals surface area contributed by atoms with Crippen molar-refractivity contribution in [2.75, 3.05) is 24.6 Å². The molecule has 1 aliphatic carbocycles. The van der Waals surface area contributed by atoms with E-state index in [0.717, 1.165) is 60.5 Å². The Kier molecular flexibility index (Phi) is 3.29. The lowest BCUT2D eigenvalue weighted by Crippen LogP contribution is -2.44. The number of anilines is 1. The van der Waals surface area contributed by atoms with Gasteiger partial charge in [-0.3, -0.25) is 5.10 Å². The number of hydrogen-bond acceptors (Lipinski definition) is 5. The predicted octanol–water partition coefficient (Wildman–Crippen LogP) is 2.94. The van der Waals surface area contributed by atoms with Gasteiger partial charge in [0.15, 0.2) is 11.5 Å². The minimum absolute atomic E-state index is 0.245. The second kappa shape index (κ2) is 5.56. The van der Waals surface area contributed by atoms with Gasteiger partial charge in [-0.05, 0) is 56.2 Å². The first-order valence-electron chi connectivity index (χ1n) is 10.3. The van der Waals surface area contributed by atoms with Gasteiger partial charge in [-0.25, -0.2) is 9.50 Å². The second-order valence-electron chi connectivity index (χ2n) is 9.04. The van der Waals surface area contributed by atoms with Crippen LogP contribution in [0.2, 0.25) is 0 Å². The lowest BCUT2D eigenvalue weighted by Gasteiger charge is -2.41. The molecule has 28 heavy (non-hydrogen) atoms. The molecule has 4 aliphatic rings. The fraction of sp³-hybridized carbons (Fsp3) is 0.571. The van der Waals surface area contributed by atoms with Crippen LogP contribution in [0.4, 0.5) is 5.69 Å². The summed E-state index contributed by atoms with van der Waals surface area (Å²) in [6.45, 7) is 9.48. The van der Waals surface area contributed by atoms with Gasteiger partial charge >= 0.3 is 0 Å². The highest BCUT2D eigenvalue weighted by Crippen LogP contribution is 2.63. The molecule has 4 fully saturated rings. The van der Waals surface area contributed by atoms with Crippen LogP contribution in [0.1, 0.15) is 48.5 Å². The molecule has 3 saturated heterocycles. The van der Waals surface area contributed by atoms with Crippen LogP contribution in [-0.2, 0) is 10.3 Å². The molecule has 2 bridgehead atoms. The smallest absolute Gasteiger partial charge is 0.184 e. The number of H-pyrrole nitrogens is 1. The summed E-state index contributed by atoms with van der Waals surface area (Å²) in [4.78, 5) is 7.40. The third-order valence-electron chi connectivity index (χ3n) is 6.91. The molecule has 1 saturated carbocycles. The summed E-state index contributed by atoms with van der Waals surface area (Å²) in [6.07, 6.45) is 4.37. The minimum Gasteiger partial charge on any atom is -0.370 e. The van der Waals surface area contributed by atoms with Crippen LogP contribution in [0.5, 0.6) is 0 Å². The number of nitrogens with one attached hydrogen (secondary N) is 1. The highest BCUT2D eigenvalue weighted by molar-refractivity contribution is 5.57. The zero-order valence-corrected chi connectivity index (χ0v) is 16.6. The summed E-state index contributed by atoms with van der Waals surface area (Å²) in [5, 5.41) is 12.5. The SMILES string of the molecule is Cc1cc(C2C3COC2(c2nc4c(C)cc(N5CCC(C)C5)cn4n2)C3)n[nH]1. The molecule has 7 rings (SSSR count). The van der Waals surface area contributed by atoms with Gasteiger partial charge in [0.2, 0.25) is 0 Å². The Balaban J connectivity index is 1.41. The Morgan fingerprint density at radius 1 is 1.29 bits per heavy atom. The van der Waals surface area contributed by atoms with E-state index in [2.05, 4.69) is 47.3 Å². The van der Waals surface area contributed by atoms with Crippen LogP contribution in [0.15, 0.2) is 18.3 Å². The van der Waals surface area contributed by atoms with Crippen molar-refractivity contribution in [3.63, 3.8) is 0 Å². The number of hydrogen-bond donors (Lipinski definition) is 1. The van der Waals surface area contributed by atoms with E-state index in [0.29, 0.717) is 5.92 Å². The molecular weight excluding hydrogens is 352 g/mol. The maximum atomic E-state index is 6.29. The predicted molar refractivity (Wildman–Crippen MR) is 106 cm³/mol. The van der Waals surface area contributed by atoms with Gasteiger partial charge in [0.25, 0.3) is 0 Å². The number of fused-ring (bicyclic) bond motifs is 2. The van der Waals surface area contributed by atoms with E-state index in [9.17, 15) is 0 Å². The van der Waals surface area contributed by atoms with Gasteiger partial charge in [0.1, 0.15) is 5.60 Å². The van der Waals surface area contributed by atoms with Gasteiger partial charge < -0.3 is 9.64 Å². The van der Waals surface area contributed by atoms with Crippen molar-refractivity contribution in [1.29, 1.82) is 0 Å². The first-order chi connectivity index (χ1) is 13.5. The van der Waals surface area contributed by atoms with Crippen molar-refractivity contribution in [2.45, 2.75) is 45.1 Å². The van der Waals surface area contributed by atoms with Crippen LogP contribution < -0.4 is 4.90 Å². The van der Waals surface area contributed by atoms with E-state index in [1.54, 1.807) is 0 Å². The van der Waals surface area contributed by atoms with Crippen molar-refractivity contribution in [2.24, 2.45) is 11.8 Å². The van der Waals surface area contributed by atoms with E-state index >= 15 is 0 Å². The third kappa shape index (κ3) is 2.16. The molecule has 7 nitrogen and oxygen atoms in total. The van der Waals surface area contributed by atoms with Crippen molar-refractivity contribution in [3.8, 4) is 0 Å². The summed E-state index contributed by atoms with van der Waals surface area (Å²) in [6, 6.07) is 4.38. The average Bonchev–Trinajstić information content (AvgIpc) is 3.42. The monoisotopic (exact) mass is 378 g/mol. The number of rotatable bonds is 3. The quantitative estimate of drug-likeness (QED) is 0.759. The van der Waals surface area contributed by atoms with Gasteiger partial charge in [-0.1, -0.05) is 6.92 Å². The Morgan fingerprint density at radius 2 is 2.18 bits per heavy atom. The Labute approximate surface area is 164 Å². The Bertz CT molecular complexity index is 1070. The number of aromatic amines is 1. The van der Waals surface area contributed by atoms with Crippen molar-refractivity contribution in [3.05, 3.63) is 41.1 Å². The molecule has 3 aromatic rings. The number of pyridine rings is 1. The summed E-state index contributed by atoms with van der Waals surface area (Å²) < 4.78 is 8.25. The molecule has 1 N–H and O–H groups in total. The molecular formula is C21H26N6O. The van der Waals surface area contributed by atoms with Gasteiger partial charge in [-0.2, -0.15) is 5.10 Å². The standard InChI is InChI=1S/C21H26N6O/c1-12-4-5-26(9-12)16-6-13(2)19-22-20(25-27(19)10-16)21-8-15(11-28-21)18(21)17-7-14(3)23-24-17/h6-7,10,12,15,18H,4-5,8-9,11H2,1-3H3,(H,23,24). The van der Waals surface area contributed by atoms with Crippen molar-refractivity contribution < 1.29 is 4.74 Å². The van der Waals surface area contributed by atoms with Gasteiger partial charge in [0, 0.05) is 24.7 Å². The van der Waals surface area contributed by atoms with E-state index in [4.69, 9.17) is 14.8 Å². The summed E-state index contributed by atoms with van der Waals surface area (Å²) in [5.74, 6) is 2.31. The molecule has 0 aromatic carbocycles. The lowest BCUT2D eigenvalue weighted by atomic mass is 9.62. The maximum absolute atomic E-state index is 6.29. The molecule has 3 aromatic heterocycles. The zero-order valence-electron chi connectivity index (χ0n) is 16.6. The minimum atomic E-state index is -0.424. The first-order valence-corrected chi connectivity index (χ1v) is 10.3. The van der Waals surface area contributed by atoms with Crippen LogP contribution in [-0.4, -0.2) is 44.5 Å². The fourth-order valence-electron chi connectivity index (χ4n) is 5.44. The zero-order chi connectivity index (χ0) is 19.0. The van der Waals surface area contributed by atoms with Crippen LogP contribution in [0.25, 0.3) is 5.65 Å². The number of ether oxygens (including phenoxy) is 1. The van der Waals surface area contributed by atoms with Crippen molar-refractivity contribution in [1.82, 2.24) is 24.8 Å². The molecule has 0 amide bonds. The van der Waals surface area contributed by atoms with E-state index in [-0.39, 0.29) is 5.92 Å². The second-order valence-corrected chi connectivity index (χ2v) is 9.04. The van der Waals surface area contributed by atoms with E-state index in [1.807, 2.05) is 11.4 Å². The van der Waals surface area contributed by atoms with Crippen LogP contribution in [0, 0.1) is 25.7 Å². The average molecular weight is 378 g/mol. The van der Waals surface area contributed by atoms with Gasteiger partial charge in [0.05, 0.1) is 24.2 Å². The molecule has 146 valence electrons. The van der Waals surface area contributed by atoms with Crippen molar-refractivity contribution >= 4 is 11.3 Å². The third-order valence-corrected chi connectivity index (χ3v) is 6.91. The van der Waals surface area contributed by atoms with Gasteiger partial charge in [-0.15, -0.1) is 5.10 Å². The Hall–Kier alpha value is -2.41. The molecule has 7 heteroatoms. The van der Waals surface area contributed by atoms with Crippen LogP contribution >= 0.6 is 0 Å². The van der Waals surface area contributed by atoms with Crippen LogP contribution in [0.3, 0.4) is 0 Å². The molecule has 4 atom stereocenters. The number of aromatic nitrogens is 5. The summed E-state index contributed by atoms with van der Waals surface area (Å²) in [7, 11) is 0. The topological polar surface area (TPSA) is 71.3 Å². The summed E-state index contributed by atoms with van der Waals surface area (Å²) in [5.41, 5.74) is 5.06. The van der Waals surface area contributed by atoms with E-state index in [1.165, 1.54) is 12.1 Å². The normalized spacial score (nSPS) is 31.7. The lowest BCUT2D eigenvalue weighted by molar-refractivity contribution is -0.0332. The molecule has 0 spiro atoms. The molecule has 0 radical (unpaired) electrons. The first kappa shape index (κ1) is 16.5. The largest absolute Gasteiger partial charge is 0.370 e. The maximum Gasteiger partial charge on any atom is 0.184 e. The molecule has 3 aliphatic heterocycles. The fourth-order valence-corrected chi connectivity index (χ4v) is 5.44. The van der Waals surface area contributed by atoms with E-state index < -0.39 is 5.60 Å². The Morgan fingerprint density at radius 3 is 2.89 bits per heavy atom. The molecule has 4 unspecified atom stereocenters. The highest BCUT2D eigenvalue weighted by atomic mass is 16.5. The number of aryl methyl sites for hydroxylation is 2. The summed E-state index contributed by atoms with van der Waals surface area (Å²) >= 11 is 0. The highest BCUT2D eigenvalue weighted by Gasteiger charge is 2.65.